The van der Waals surface area contributed by atoms with Crippen LogP contribution in [0.3, 0.4) is 0 Å². The van der Waals surface area contributed by atoms with Crippen LogP contribution in [0.4, 0.5) is 0 Å². The fraction of sp³-hybridized carbons (Fsp3) is 0.828. The standard InChI is InChI=1S/C29H53N3O4/c1-26(2,3)18-28(7,8)20-35-24(33)12-15-32(14-11-23-17-30-22-31-23)16-13-25(34)36-21-29(9,10)19-27(4,5)6/h17,22H,11-16,18-21H2,1-10H3,(H,30,31). The van der Waals surface area contributed by atoms with E-state index in [1.54, 1.807) is 12.5 Å². The third kappa shape index (κ3) is 16.0. The zero-order chi connectivity index (χ0) is 27.6. The first-order chi connectivity index (χ1) is 16.4. The van der Waals surface area contributed by atoms with Crippen LogP contribution in [0, 0.1) is 21.7 Å². The van der Waals surface area contributed by atoms with Gasteiger partial charge in [0.15, 0.2) is 0 Å². The number of nitrogens with one attached hydrogen (secondary N) is 1. The Kier molecular flexibility index (Phi) is 12.1. The number of carbonyl (C=O) groups is 2. The quantitative estimate of drug-likeness (QED) is 0.291. The molecule has 0 fully saturated rings. The number of aromatic nitrogens is 2. The molecule has 0 radical (unpaired) electrons. The number of esters is 2. The molecule has 0 amide bonds. The molecule has 0 unspecified atom stereocenters. The molecule has 0 aliphatic carbocycles. The average Bonchev–Trinajstić information content (AvgIpc) is 3.20. The van der Waals surface area contributed by atoms with Crippen molar-refractivity contribution >= 4 is 11.9 Å². The van der Waals surface area contributed by atoms with Crippen LogP contribution in [-0.2, 0) is 25.5 Å². The first kappa shape index (κ1) is 32.1. The van der Waals surface area contributed by atoms with Gasteiger partial charge in [0.1, 0.15) is 0 Å². The van der Waals surface area contributed by atoms with Crippen LogP contribution in [0.2, 0.25) is 0 Å². The lowest BCUT2D eigenvalue weighted by atomic mass is 9.77. The summed E-state index contributed by atoms with van der Waals surface area (Å²) in [5, 5.41) is 0. The summed E-state index contributed by atoms with van der Waals surface area (Å²) >= 11 is 0. The van der Waals surface area contributed by atoms with Crippen molar-refractivity contribution in [2.24, 2.45) is 21.7 Å². The van der Waals surface area contributed by atoms with Gasteiger partial charge in [-0.1, -0.05) is 69.2 Å². The Morgan fingerprint density at radius 1 is 0.778 bits per heavy atom. The molecule has 0 saturated carbocycles. The van der Waals surface area contributed by atoms with E-state index < -0.39 is 0 Å². The Morgan fingerprint density at radius 2 is 1.22 bits per heavy atom. The summed E-state index contributed by atoms with van der Waals surface area (Å²) in [6, 6.07) is 0. The number of nitrogens with zero attached hydrogens (tertiary/aromatic N) is 2. The molecule has 1 rings (SSSR count). The topological polar surface area (TPSA) is 84.5 Å². The predicted octanol–water partition coefficient (Wildman–Crippen LogP) is 6.05. The number of carbonyl (C=O) groups excluding carboxylic acids is 2. The molecule has 1 heterocycles. The second kappa shape index (κ2) is 13.6. The van der Waals surface area contributed by atoms with Crippen LogP contribution in [-0.4, -0.2) is 59.7 Å². The van der Waals surface area contributed by atoms with Gasteiger partial charge in [0.25, 0.3) is 0 Å². The number of rotatable bonds is 15. The monoisotopic (exact) mass is 507 g/mol. The van der Waals surface area contributed by atoms with Gasteiger partial charge in [0, 0.05) is 37.9 Å². The highest BCUT2D eigenvalue weighted by atomic mass is 16.5. The third-order valence-corrected chi connectivity index (χ3v) is 5.78. The Balaban J connectivity index is 2.56. The van der Waals surface area contributed by atoms with Crippen molar-refractivity contribution in [2.75, 3.05) is 32.8 Å². The molecule has 0 saturated heterocycles. The van der Waals surface area contributed by atoms with E-state index in [2.05, 4.69) is 84.1 Å². The van der Waals surface area contributed by atoms with E-state index in [1.807, 2.05) is 0 Å². The van der Waals surface area contributed by atoms with E-state index in [0.717, 1.165) is 25.0 Å². The summed E-state index contributed by atoms with van der Waals surface area (Å²) in [6.45, 7) is 24.3. The van der Waals surface area contributed by atoms with Crippen molar-refractivity contribution in [3.8, 4) is 0 Å². The van der Waals surface area contributed by atoms with E-state index in [1.165, 1.54) is 0 Å². The number of imidazole rings is 1. The molecule has 0 bridgehead atoms. The molecule has 0 aliphatic rings. The molecular weight excluding hydrogens is 454 g/mol. The van der Waals surface area contributed by atoms with Gasteiger partial charge in [-0.15, -0.1) is 0 Å². The molecule has 1 aromatic heterocycles. The van der Waals surface area contributed by atoms with Crippen LogP contribution >= 0.6 is 0 Å². The van der Waals surface area contributed by atoms with Gasteiger partial charge in [-0.05, 0) is 34.5 Å². The van der Waals surface area contributed by atoms with E-state index in [4.69, 9.17) is 9.47 Å². The Bertz CT molecular complexity index is 738. The third-order valence-electron chi connectivity index (χ3n) is 5.78. The number of H-pyrrole nitrogens is 1. The highest BCUT2D eigenvalue weighted by molar-refractivity contribution is 5.70. The minimum Gasteiger partial charge on any atom is -0.465 e. The first-order valence-corrected chi connectivity index (χ1v) is 13.4. The number of hydrogen-bond donors (Lipinski definition) is 1. The zero-order valence-electron chi connectivity index (χ0n) is 24.8. The van der Waals surface area contributed by atoms with E-state index in [9.17, 15) is 9.59 Å². The van der Waals surface area contributed by atoms with Crippen LogP contribution in [0.5, 0.6) is 0 Å². The van der Waals surface area contributed by atoms with Crippen LogP contribution in [0.25, 0.3) is 0 Å². The molecule has 0 atom stereocenters. The van der Waals surface area contributed by atoms with Gasteiger partial charge in [-0.2, -0.15) is 0 Å². The summed E-state index contributed by atoms with van der Waals surface area (Å²) in [7, 11) is 0. The Morgan fingerprint density at radius 3 is 1.58 bits per heavy atom. The molecule has 0 spiro atoms. The summed E-state index contributed by atoms with van der Waals surface area (Å²) in [4.78, 5) is 34.3. The van der Waals surface area contributed by atoms with Crippen molar-refractivity contribution in [2.45, 2.75) is 101 Å². The maximum absolute atomic E-state index is 12.5. The second-order valence-corrected chi connectivity index (χ2v) is 14.3. The van der Waals surface area contributed by atoms with Gasteiger partial charge < -0.3 is 19.4 Å². The second-order valence-electron chi connectivity index (χ2n) is 14.3. The lowest BCUT2D eigenvalue weighted by molar-refractivity contribution is -0.147. The molecule has 1 N–H and O–H groups in total. The summed E-state index contributed by atoms with van der Waals surface area (Å²) in [5.74, 6) is -0.398. The summed E-state index contributed by atoms with van der Waals surface area (Å²) in [6.07, 6.45) is 6.75. The Labute approximate surface area is 220 Å². The minimum absolute atomic E-state index is 0.0707. The van der Waals surface area contributed by atoms with Crippen molar-refractivity contribution in [3.05, 3.63) is 18.2 Å². The highest BCUT2D eigenvalue weighted by Crippen LogP contribution is 2.34. The molecule has 0 aromatic carbocycles. The normalized spacial score (nSPS) is 13.2. The van der Waals surface area contributed by atoms with Gasteiger partial charge in [0.05, 0.1) is 32.4 Å². The fourth-order valence-electron chi connectivity index (χ4n) is 5.20. The minimum atomic E-state index is -0.199. The lowest BCUT2D eigenvalue weighted by Gasteiger charge is -2.32. The maximum Gasteiger partial charge on any atom is 0.307 e. The summed E-state index contributed by atoms with van der Waals surface area (Å²) < 4.78 is 11.2. The van der Waals surface area contributed by atoms with Gasteiger partial charge in [-0.25, -0.2) is 4.98 Å². The van der Waals surface area contributed by atoms with Crippen LogP contribution in [0.15, 0.2) is 12.5 Å². The van der Waals surface area contributed by atoms with Gasteiger partial charge in [-0.3, -0.25) is 9.59 Å². The van der Waals surface area contributed by atoms with Crippen molar-refractivity contribution in [1.29, 1.82) is 0 Å². The largest absolute Gasteiger partial charge is 0.465 e. The van der Waals surface area contributed by atoms with Gasteiger partial charge in [0.2, 0.25) is 0 Å². The van der Waals surface area contributed by atoms with Gasteiger partial charge >= 0.3 is 11.9 Å². The molecule has 0 aliphatic heterocycles. The van der Waals surface area contributed by atoms with Crippen LogP contribution in [0.1, 0.15) is 101 Å². The van der Waals surface area contributed by atoms with E-state index >= 15 is 0 Å². The molecular formula is C29H53N3O4. The van der Waals surface area contributed by atoms with Crippen molar-refractivity contribution < 1.29 is 19.1 Å². The van der Waals surface area contributed by atoms with E-state index in [-0.39, 0.29) is 33.6 Å². The predicted molar refractivity (Wildman–Crippen MR) is 146 cm³/mol. The number of ether oxygens (including phenoxy) is 2. The number of hydrogen-bond acceptors (Lipinski definition) is 6. The van der Waals surface area contributed by atoms with Crippen molar-refractivity contribution in [3.63, 3.8) is 0 Å². The SMILES string of the molecule is CC(C)(C)CC(C)(C)COC(=O)CCN(CCC(=O)OCC(C)(C)CC(C)(C)C)CCc1cnc[nH]1. The Hall–Kier alpha value is -1.89. The summed E-state index contributed by atoms with van der Waals surface area (Å²) in [5.41, 5.74) is 1.24. The smallest absolute Gasteiger partial charge is 0.307 e. The highest BCUT2D eigenvalue weighted by Gasteiger charge is 2.28. The molecule has 7 heteroatoms. The fourth-order valence-corrected chi connectivity index (χ4v) is 5.20. The molecule has 36 heavy (non-hydrogen) atoms. The molecule has 208 valence electrons. The number of aromatic amines is 1. The maximum atomic E-state index is 12.5. The lowest BCUT2D eigenvalue weighted by Crippen LogP contribution is -2.33. The molecule has 7 nitrogen and oxygen atoms in total. The average molecular weight is 508 g/mol. The first-order valence-electron chi connectivity index (χ1n) is 13.4. The molecule has 1 aromatic rings. The van der Waals surface area contributed by atoms with E-state index in [0.29, 0.717) is 45.7 Å². The zero-order valence-corrected chi connectivity index (χ0v) is 24.8. The van der Waals surface area contributed by atoms with Crippen LogP contribution < -0.4 is 0 Å². The van der Waals surface area contributed by atoms with Crippen molar-refractivity contribution in [1.82, 2.24) is 14.9 Å².